The summed E-state index contributed by atoms with van der Waals surface area (Å²) in [6.07, 6.45) is 7.13. The van der Waals surface area contributed by atoms with Gasteiger partial charge in [0.1, 0.15) is 11.9 Å². The lowest BCUT2D eigenvalue weighted by Gasteiger charge is -2.28. The van der Waals surface area contributed by atoms with Crippen LogP contribution in [-0.2, 0) is 0 Å². The first-order valence-electron chi connectivity index (χ1n) is 18.5. The fraction of sp³-hybridized carbons (Fsp3) is 0.349. The number of para-hydroxylation sites is 1. The SMILES string of the molecule is COc1cc(C2NC(=O)c3ccccc3N2)ccc1OCCCCCCCCCOc1cc(-c2cc(-c3cc(OC)c(OC)c(OC)c3)on2)ccc1OC. The molecular formula is C43H49N3O9. The monoisotopic (exact) mass is 751 g/mol. The summed E-state index contributed by atoms with van der Waals surface area (Å²) in [6, 6.07) is 24.5. The normalized spacial score (nSPS) is 13.3. The largest absolute Gasteiger partial charge is 0.493 e. The van der Waals surface area contributed by atoms with E-state index in [1.165, 1.54) is 0 Å². The maximum Gasteiger partial charge on any atom is 0.255 e. The highest BCUT2D eigenvalue weighted by Gasteiger charge is 2.25. The third kappa shape index (κ3) is 9.37. The highest BCUT2D eigenvalue weighted by molar-refractivity contribution is 6.01. The molecule has 1 aliphatic rings. The summed E-state index contributed by atoms with van der Waals surface area (Å²) in [5.74, 6) is 4.66. The van der Waals surface area contributed by atoms with E-state index in [4.69, 9.17) is 37.7 Å². The van der Waals surface area contributed by atoms with Crippen LogP contribution in [0.2, 0.25) is 0 Å². The van der Waals surface area contributed by atoms with Crippen LogP contribution < -0.4 is 43.8 Å². The van der Waals surface area contributed by atoms with E-state index in [1.54, 1.807) is 41.6 Å². The molecule has 0 bridgehead atoms. The van der Waals surface area contributed by atoms with Crippen LogP contribution in [0.25, 0.3) is 22.6 Å². The number of nitrogens with one attached hydrogen (secondary N) is 2. The fourth-order valence-corrected chi connectivity index (χ4v) is 6.53. The first-order valence-corrected chi connectivity index (χ1v) is 18.5. The van der Waals surface area contributed by atoms with Gasteiger partial charge in [-0.15, -0.1) is 0 Å². The number of hydrogen-bond donors (Lipinski definition) is 2. The number of amides is 1. The van der Waals surface area contributed by atoms with Crippen LogP contribution in [0.1, 0.15) is 67.0 Å². The molecule has 290 valence electrons. The molecule has 12 heteroatoms. The van der Waals surface area contributed by atoms with E-state index < -0.39 is 0 Å². The van der Waals surface area contributed by atoms with Crippen molar-refractivity contribution in [3.8, 4) is 62.8 Å². The van der Waals surface area contributed by atoms with Gasteiger partial charge in [0.05, 0.1) is 54.3 Å². The number of anilines is 1. The number of hydrogen-bond acceptors (Lipinski definition) is 11. The third-order valence-electron chi connectivity index (χ3n) is 9.49. The smallest absolute Gasteiger partial charge is 0.255 e. The molecule has 12 nitrogen and oxygen atoms in total. The molecule has 1 aromatic heterocycles. The van der Waals surface area contributed by atoms with Crippen molar-refractivity contribution in [2.75, 3.05) is 54.1 Å². The van der Waals surface area contributed by atoms with E-state index in [-0.39, 0.29) is 12.1 Å². The van der Waals surface area contributed by atoms with E-state index in [9.17, 15) is 4.79 Å². The van der Waals surface area contributed by atoms with Gasteiger partial charge >= 0.3 is 0 Å². The van der Waals surface area contributed by atoms with Crippen LogP contribution in [0.4, 0.5) is 5.69 Å². The van der Waals surface area contributed by atoms with Crippen molar-refractivity contribution < 1.29 is 42.5 Å². The summed E-state index contributed by atoms with van der Waals surface area (Å²) in [5.41, 5.74) is 4.58. The van der Waals surface area contributed by atoms with Crippen molar-refractivity contribution in [2.45, 2.75) is 51.1 Å². The summed E-state index contributed by atoms with van der Waals surface area (Å²) >= 11 is 0. The van der Waals surface area contributed by atoms with E-state index in [2.05, 4.69) is 15.8 Å². The Bertz CT molecular complexity index is 2020. The molecule has 1 unspecified atom stereocenters. The van der Waals surface area contributed by atoms with Gasteiger partial charge in [-0.1, -0.05) is 55.5 Å². The Morgan fingerprint density at radius 3 is 1.87 bits per heavy atom. The van der Waals surface area contributed by atoms with E-state index >= 15 is 0 Å². The quantitative estimate of drug-likeness (QED) is 0.0739. The zero-order chi connectivity index (χ0) is 38.6. The molecule has 2 heterocycles. The number of fused-ring (bicyclic) bond motifs is 1. The van der Waals surface area contributed by atoms with Crippen LogP contribution in [0.15, 0.2) is 83.4 Å². The predicted octanol–water partition coefficient (Wildman–Crippen LogP) is 9.09. The van der Waals surface area contributed by atoms with Crippen LogP contribution in [0.5, 0.6) is 40.2 Å². The molecule has 0 radical (unpaired) electrons. The Labute approximate surface area is 322 Å². The summed E-state index contributed by atoms with van der Waals surface area (Å²) in [4.78, 5) is 12.6. The highest BCUT2D eigenvalue weighted by Crippen LogP contribution is 2.42. The van der Waals surface area contributed by atoms with E-state index in [0.29, 0.717) is 70.5 Å². The van der Waals surface area contributed by atoms with Gasteiger partial charge in [-0.05, 0) is 73.0 Å². The lowest BCUT2D eigenvalue weighted by Crippen LogP contribution is -2.38. The van der Waals surface area contributed by atoms with Gasteiger partial charge in [0, 0.05) is 22.9 Å². The number of carbonyl (C=O) groups excluding carboxylic acids is 1. The second-order valence-electron chi connectivity index (χ2n) is 13.0. The van der Waals surface area contributed by atoms with Crippen molar-refractivity contribution in [3.05, 3.63) is 90.0 Å². The van der Waals surface area contributed by atoms with Crippen LogP contribution in [-0.4, -0.2) is 59.8 Å². The Morgan fingerprint density at radius 1 is 0.582 bits per heavy atom. The number of nitrogens with zero attached hydrogens (tertiary/aromatic N) is 1. The minimum absolute atomic E-state index is 0.107. The molecule has 0 saturated carbocycles. The molecule has 6 rings (SSSR count). The van der Waals surface area contributed by atoms with Gasteiger partial charge in [0.25, 0.3) is 5.91 Å². The fourth-order valence-electron chi connectivity index (χ4n) is 6.53. The minimum atomic E-state index is -0.353. The molecule has 1 amide bonds. The van der Waals surface area contributed by atoms with Gasteiger partial charge < -0.3 is 48.3 Å². The third-order valence-corrected chi connectivity index (χ3v) is 9.49. The van der Waals surface area contributed by atoms with Crippen molar-refractivity contribution in [3.63, 3.8) is 0 Å². The Hall–Kier alpha value is -6.04. The van der Waals surface area contributed by atoms with Gasteiger partial charge in [0.15, 0.2) is 40.3 Å². The molecule has 55 heavy (non-hydrogen) atoms. The summed E-state index contributed by atoms with van der Waals surface area (Å²) < 4.78 is 45.6. The average molecular weight is 752 g/mol. The number of methoxy groups -OCH3 is 5. The number of unbranched alkanes of at least 4 members (excludes halogenated alkanes) is 6. The maximum atomic E-state index is 12.6. The van der Waals surface area contributed by atoms with Crippen molar-refractivity contribution in [1.29, 1.82) is 0 Å². The highest BCUT2D eigenvalue weighted by atomic mass is 16.5. The molecule has 1 aliphatic heterocycles. The number of carbonyl (C=O) groups is 1. The number of ether oxygens (including phenoxy) is 7. The van der Waals surface area contributed by atoms with E-state index in [0.717, 1.165) is 67.3 Å². The molecular weight excluding hydrogens is 702 g/mol. The zero-order valence-corrected chi connectivity index (χ0v) is 32.1. The van der Waals surface area contributed by atoms with Crippen LogP contribution in [0, 0.1) is 0 Å². The second-order valence-corrected chi connectivity index (χ2v) is 13.0. The standard InChI is InChI=1S/C43H49N3O9/c1-48-34-19-17-28(33-27-36(55-46-33)30-25-39(50-3)41(52-5)40(26-30)51-4)23-38(34)54-22-14-10-8-6-7-9-13-21-53-35-20-18-29(24-37(35)49-2)42-44-32-16-12-11-15-31(32)43(47)45-42/h11-12,15-20,23-27,42,44H,6-10,13-14,21-22H2,1-5H3,(H,45,47). The zero-order valence-electron chi connectivity index (χ0n) is 32.1. The van der Waals surface area contributed by atoms with Gasteiger partial charge in [-0.25, -0.2) is 0 Å². The molecule has 1 atom stereocenters. The summed E-state index contributed by atoms with van der Waals surface area (Å²) in [5, 5.41) is 10.7. The van der Waals surface area contributed by atoms with Crippen molar-refractivity contribution in [1.82, 2.24) is 10.5 Å². The van der Waals surface area contributed by atoms with Gasteiger partial charge in [0.2, 0.25) is 5.75 Å². The molecule has 0 aliphatic carbocycles. The topological polar surface area (TPSA) is 132 Å². The molecule has 0 spiro atoms. The molecule has 5 aromatic rings. The Kier molecular flexibility index (Phi) is 13.2. The number of benzene rings is 4. The lowest BCUT2D eigenvalue weighted by atomic mass is 10.1. The average Bonchev–Trinajstić information content (AvgIpc) is 3.73. The Morgan fingerprint density at radius 2 is 1.20 bits per heavy atom. The second kappa shape index (κ2) is 18.8. The molecule has 2 N–H and O–H groups in total. The summed E-state index contributed by atoms with van der Waals surface area (Å²) in [6.45, 7) is 1.19. The predicted molar refractivity (Wildman–Crippen MR) is 210 cm³/mol. The first kappa shape index (κ1) is 38.7. The van der Waals surface area contributed by atoms with Gasteiger partial charge in [-0.2, -0.15) is 0 Å². The summed E-state index contributed by atoms with van der Waals surface area (Å²) in [7, 11) is 7.97. The molecule has 0 fully saturated rings. The lowest BCUT2D eigenvalue weighted by molar-refractivity contribution is 0.0935. The van der Waals surface area contributed by atoms with Crippen LogP contribution in [0.3, 0.4) is 0 Å². The van der Waals surface area contributed by atoms with Gasteiger partial charge in [-0.3, -0.25) is 4.79 Å². The molecule has 0 saturated heterocycles. The first-order chi connectivity index (χ1) is 27.0. The molecule has 4 aromatic carbocycles. The van der Waals surface area contributed by atoms with Crippen LogP contribution >= 0.6 is 0 Å². The van der Waals surface area contributed by atoms with Crippen molar-refractivity contribution >= 4 is 11.6 Å². The number of rotatable bonds is 20. The maximum absolute atomic E-state index is 12.6. The number of aromatic nitrogens is 1. The van der Waals surface area contributed by atoms with E-state index in [1.807, 2.05) is 72.8 Å². The van der Waals surface area contributed by atoms with Crippen molar-refractivity contribution in [2.24, 2.45) is 0 Å². The Balaban J connectivity index is 0.900. The minimum Gasteiger partial charge on any atom is -0.493 e.